The maximum atomic E-state index is 12.3. The molecule has 0 fully saturated rings. The van der Waals surface area contributed by atoms with Gasteiger partial charge in [-0.1, -0.05) is 41.2 Å². The second kappa shape index (κ2) is 6.07. The summed E-state index contributed by atoms with van der Waals surface area (Å²) < 4.78 is 0. The van der Waals surface area contributed by atoms with Gasteiger partial charge in [0.05, 0.1) is 4.88 Å². The van der Waals surface area contributed by atoms with Gasteiger partial charge >= 0.3 is 0 Å². The van der Waals surface area contributed by atoms with Crippen molar-refractivity contribution in [2.45, 2.75) is 13.8 Å². The molecule has 5 heteroatoms. The van der Waals surface area contributed by atoms with Gasteiger partial charge in [-0.05, 0) is 31.0 Å². The lowest BCUT2D eigenvalue weighted by Crippen LogP contribution is -2.13. The van der Waals surface area contributed by atoms with Crippen molar-refractivity contribution in [1.29, 1.82) is 0 Å². The first-order chi connectivity index (χ1) is 10.6. The average molecular weight is 309 g/mol. The van der Waals surface area contributed by atoms with Crippen LogP contribution in [0.4, 0.5) is 5.13 Å². The molecular weight excluding hydrogens is 294 g/mol. The summed E-state index contributed by atoms with van der Waals surface area (Å²) in [5.74, 6) is -0.162. The predicted molar refractivity (Wildman–Crippen MR) is 89.2 cm³/mol. The smallest absolute Gasteiger partial charge is 0.257 e. The summed E-state index contributed by atoms with van der Waals surface area (Å²) in [5.41, 5.74) is 3.76. The molecular formula is C17H15N3OS. The van der Waals surface area contributed by atoms with Crippen LogP contribution in [-0.4, -0.2) is 15.9 Å². The van der Waals surface area contributed by atoms with Gasteiger partial charge in [0, 0.05) is 24.2 Å². The highest BCUT2D eigenvalue weighted by atomic mass is 32.1. The Morgan fingerprint density at radius 2 is 2.05 bits per heavy atom. The normalized spacial score (nSPS) is 10.5. The molecule has 2 aromatic heterocycles. The minimum Gasteiger partial charge on any atom is -0.298 e. The van der Waals surface area contributed by atoms with Crippen molar-refractivity contribution in [2.24, 2.45) is 0 Å². The standard InChI is InChI=1S/C17H15N3OS/c1-11-4-3-5-13(8-11)15-10-19-17(22-15)20-16(21)14-6-7-18-9-12(14)2/h3-10H,1-2H3,(H,19,20,21). The molecule has 0 atom stereocenters. The van der Waals surface area contributed by atoms with Gasteiger partial charge in [-0.25, -0.2) is 4.98 Å². The highest BCUT2D eigenvalue weighted by Crippen LogP contribution is 2.29. The summed E-state index contributed by atoms with van der Waals surface area (Å²) in [6.07, 6.45) is 5.07. The molecule has 110 valence electrons. The van der Waals surface area contributed by atoms with Crippen LogP contribution in [0.3, 0.4) is 0 Å². The largest absolute Gasteiger partial charge is 0.298 e. The number of aromatic nitrogens is 2. The van der Waals surface area contributed by atoms with E-state index in [9.17, 15) is 4.79 Å². The Kier molecular flexibility index (Phi) is 3.98. The zero-order chi connectivity index (χ0) is 15.5. The molecule has 1 N–H and O–H groups in total. The first-order valence-corrected chi connectivity index (χ1v) is 7.70. The van der Waals surface area contributed by atoms with E-state index < -0.39 is 0 Å². The van der Waals surface area contributed by atoms with E-state index in [4.69, 9.17) is 0 Å². The highest BCUT2D eigenvalue weighted by Gasteiger charge is 2.12. The molecule has 0 aliphatic rings. The van der Waals surface area contributed by atoms with Gasteiger partial charge in [-0.2, -0.15) is 0 Å². The molecule has 1 aromatic carbocycles. The summed E-state index contributed by atoms with van der Waals surface area (Å²) in [7, 11) is 0. The Balaban J connectivity index is 1.80. The molecule has 1 amide bonds. The minimum absolute atomic E-state index is 0.162. The fourth-order valence-corrected chi connectivity index (χ4v) is 2.96. The maximum absolute atomic E-state index is 12.3. The Bertz CT molecular complexity index is 826. The van der Waals surface area contributed by atoms with Gasteiger partial charge in [0.1, 0.15) is 0 Å². The summed E-state index contributed by atoms with van der Waals surface area (Å²) in [4.78, 5) is 21.6. The molecule has 4 nitrogen and oxygen atoms in total. The van der Waals surface area contributed by atoms with Crippen molar-refractivity contribution in [2.75, 3.05) is 5.32 Å². The molecule has 22 heavy (non-hydrogen) atoms. The number of thiazole rings is 1. The van der Waals surface area contributed by atoms with Crippen molar-refractivity contribution in [3.63, 3.8) is 0 Å². The van der Waals surface area contributed by atoms with Crippen LogP contribution >= 0.6 is 11.3 Å². The van der Waals surface area contributed by atoms with Gasteiger partial charge in [0.15, 0.2) is 5.13 Å². The van der Waals surface area contributed by atoms with E-state index in [0.717, 1.165) is 16.0 Å². The number of nitrogens with zero attached hydrogens (tertiary/aromatic N) is 2. The first kappa shape index (κ1) is 14.4. The van der Waals surface area contributed by atoms with Crippen molar-refractivity contribution >= 4 is 22.4 Å². The van der Waals surface area contributed by atoms with E-state index in [0.29, 0.717) is 10.7 Å². The number of hydrogen-bond donors (Lipinski definition) is 1. The van der Waals surface area contributed by atoms with Gasteiger partial charge in [0.25, 0.3) is 5.91 Å². The molecule has 3 rings (SSSR count). The van der Waals surface area contributed by atoms with Crippen LogP contribution < -0.4 is 5.32 Å². The summed E-state index contributed by atoms with van der Waals surface area (Å²) in [6, 6.07) is 9.92. The number of amides is 1. The number of aryl methyl sites for hydroxylation is 2. The molecule has 0 aliphatic carbocycles. The van der Waals surface area contributed by atoms with E-state index in [-0.39, 0.29) is 5.91 Å². The zero-order valence-corrected chi connectivity index (χ0v) is 13.1. The average Bonchev–Trinajstić information content (AvgIpc) is 2.96. The van der Waals surface area contributed by atoms with E-state index >= 15 is 0 Å². The van der Waals surface area contributed by atoms with E-state index in [1.807, 2.05) is 19.1 Å². The number of rotatable bonds is 3. The Hall–Kier alpha value is -2.53. The number of pyridine rings is 1. The van der Waals surface area contributed by atoms with Crippen LogP contribution in [0.25, 0.3) is 10.4 Å². The van der Waals surface area contributed by atoms with E-state index in [2.05, 4.69) is 34.3 Å². The van der Waals surface area contributed by atoms with Crippen LogP contribution in [-0.2, 0) is 0 Å². The number of hydrogen-bond acceptors (Lipinski definition) is 4. The Morgan fingerprint density at radius 1 is 1.18 bits per heavy atom. The Morgan fingerprint density at radius 3 is 2.82 bits per heavy atom. The number of anilines is 1. The van der Waals surface area contributed by atoms with Crippen LogP contribution in [0.2, 0.25) is 0 Å². The highest BCUT2D eigenvalue weighted by molar-refractivity contribution is 7.19. The first-order valence-electron chi connectivity index (χ1n) is 6.88. The summed E-state index contributed by atoms with van der Waals surface area (Å²) in [6.45, 7) is 3.92. The number of benzene rings is 1. The molecule has 0 saturated carbocycles. The summed E-state index contributed by atoms with van der Waals surface area (Å²) in [5, 5.41) is 3.44. The second-order valence-corrected chi connectivity index (χ2v) is 6.07. The van der Waals surface area contributed by atoms with Crippen LogP contribution in [0.5, 0.6) is 0 Å². The fourth-order valence-electron chi connectivity index (χ4n) is 2.16. The fraction of sp³-hybridized carbons (Fsp3) is 0.118. The lowest BCUT2D eigenvalue weighted by molar-refractivity contribution is 0.102. The molecule has 0 aliphatic heterocycles. The van der Waals surface area contributed by atoms with E-state index in [1.165, 1.54) is 16.9 Å². The second-order valence-electron chi connectivity index (χ2n) is 5.04. The quantitative estimate of drug-likeness (QED) is 0.793. The van der Waals surface area contributed by atoms with Gasteiger partial charge < -0.3 is 0 Å². The lowest BCUT2D eigenvalue weighted by Gasteiger charge is -2.04. The molecule has 0 radical (unpaired) electrons. The molecule has 0 spiro atoms. The van der Waals surface area contributed by atoms with Crippen molar-refractivity contribution in [3.05, 3.63) is 65.6 Å². The molecule has 0 bridgehead atoms. The molecule has 3 aromatic rings. The monoisotopic (exact) mass is 309 g/mol. The van der Waals surface area contributed by atoms with Crippen molar-refractivity contribution in [3.8, 4) is 10.4 Å². The number of nitrogens with one attached hydrogen (secondary N) is 1. The van der Waals surface area contributed by atoms with Gasteiger partial charge in [-0.15, -0.1) is 0 Å². The third-order valence-corrected chi connectivity index (χ3v) is 4.26. The minimum atomic E-state index is -0.162. The SMILES string of the molecule is Cc1cccc(-c2cnc(NC(=O)c3ccncc3C)s2)c1. The predicted octanol–water partition coefficient (Wildman–Crippen LogP) is 4.07. The third kappa shape index (κ3) is 3.04. The third-order valence-electron chi connectivity index (χ3n) is 3.29. The number of carbonyl (C=O) groups is 1. The molecule has 2 heterocycles. The van der Waals surface area contributed by atoms with Crippen LogP contribution in [0, 0.1) is 13.8 Å². The van der Waals surface area contributed by atoms with Crippen LogP contribution in [0.15, 0.2) is 48.9 Å². The summed E-state index contributed by atoms with van der Waals surface area (Å²) >= 11 is 1.46. The Labute approximate surface area is 132 Å². The molecule has 0 unspecified atom stereocenters. The zero-order valence-electron chi connectivity index (χ0n) is 12.3. The van der Waals surface area contributed by atoms with Crippen LogP contribution in [0.1, 0.15) is 21.5 Å². The lowest BCUT2D eigenvalue weighted by atomic mass is 10.1. The number of carbonyl (C=O) groups excluding carboxylic acids is 1. The topological polar surface area (TPSA) is 54.9 Å². The van der Waals surface area contributed by atoms with Crippen molar-refractivity contribution < 1.29 is 4.79 Å². The van der Waals surface area contributed by atoms with Gasteiger partial charge in [-0.3, -0.25) is 15.1 Å². The maximum Gasteiger partial charge on any atom is 0.257 e. The van der Waals surface area contributed by atoms with E-state index in [1.54, 1.807) is 24.7 Å². The van der Waals surface area contributed by atoms with Crippen molar-refractivity contribution in [1.82, 2.24) is 9.97 Å². The molecule has 0 saturated heterocycles. The van der Waals surface area contributed by atoms with Gasteiger partial charge in [0.2, 0.25) is 0 Å².